The lowest BCUT2D eigenvalue weighted by Gasteiger charge is -2.33. The summed E-state index contributed by atoms with van der Waals surface area (Å²) in [6, 6.07) is 7.14. The first-order valence-electron chi connectivity index (χ1n) is 8.80. The molecule has 1 atom stereocenters. The number of carbonyl (C=O) groups is 1. The Bertz CT molecular complexity index is 878. The van der Waals surface area contributed by atoms with Crippen LogP contribution in [0.5, 0.6) is 0 Å². The third kappa shape index (κ3) is 4.96. The van der Waals surface area contributed by atoms with Crippen molar-refractivity contribution in [3.05, 3.63) is 46.0 Å². The number of carbonyl (C=O) groups excluding carboxylic acids is 1. The summed E-state index contributed by atoms with van der Waals surface area (Å²) in [5.41, 5.74) is 0.959. The van der Waals surface area contributed by atoms with Gasteiger partial charge in [-0.15, -0.1) is 11.3 Å². The van der Waals surface area contributed by atoms with Crippen molar-refractivity contribution in [2.45, 2.75) is 30.5 Å². The molecule has 1 amide bonds. The van der Waals surface area contributed by atoms with Crippen LogP contribution in [-0.2, 0) is 21.4 Å². The Kier molecular flexibility index (Phi) is 6.67. The molecular weight excluding hydrogens is 450 g/mol. The van der Waals surface area contributed by atoms with Crippen LogP contribution in [0.2, 0.25) is 0 Å². The average Bonchev–Trinajstić information content (AvgIpc) is 3.13. The van der Waals surface area contributed by atoms with Gasteiger partial charge in [-0.1, -0.05) is 13.0 Å². The molecule has 1 aliphatic rings. The van der Waals surface area contributed by atoms with E-state index < -0.39 is 10.0 Å². The highest BCUT2D eigenvalue weighted by Gasteiger charge is 2.34. The molecule has 3 rings (SSSR count). The van der Waals surface area contributed by atoms with Gasteiger partial charge in [0.2, 0.25) is 5.91 Å². The molecule has 0 spiro atoms. The Morgan fingerprint density at radius 3 is 2.70 bits per heavy atom. The van der Waals surface area contributed by atoms with Crippen LogP contribution in [0.1, 0.15) is 25.3 Å². The standard InChI is InChI=1S/C18H22BrN3O3S2/c1-13(18(23)21-12-14-3-2-8-20-11-14)15-6-9-22(10-7-15)27(24,25)17-5-4-16(19)26-17/h2-5,8,11,13,15H,6-7,9-10,12H2,1H3,(H,21,23)/t13-/m0/s1. The summed E-state index contributed by atoms with van der Waals surface area (Å²) >= 11 is 4.53. The second-order valence-corrected chi connectivity index (χ2v) is 11.3. The number of sulfonamides is 1. The molecule has 2 aromatic heterocycles. The molecule has 146 valence electrons. The molecule has 9 heteroatoms. The molecule has 0 aliphatic carbocycles. The maximum atomic E-state index is 12.7. The van der Waals surface area contributed by atoms with Crippen molar-refractivity contribution < 1.29 is 13.2 Å². The molecule has 0 saturated carbocycles. The molecule has 1 fully saturated rings. The van der Waals surface area contributed by atoms with Crippen LogP contribution in [0.15, 0.2) is 44.7 Å². The molecule has 6 nitrogen and oxygen atoms in total. The number of halogens is 1. The molecule has 0 bridgehead atoms. The average molecular weight is 472 g/mol. The summed E-state index contributed by atoms with van der Waals surface area (Å²) in [7, 11) is -3.44. The predicted molar refractivity (Wildman–Crippen MR) is 109 cm³/mol. The van der Waals surface area contributed by atoms with Crippen LogP contribution in [0.3, 0.4) is 0 Å². The zero-order valence-corrected chi connectivity index (χ0v) is 18.2. The minimum Gasteiger partial charge on any atom is -0.352 e. The molecule has 1 saturated heterocycles. The van der Waals surface area contributed by atoms with E-state index in [2.05, 4.69) is 26.2 Å². The molecule has 2 aromatic rings. The summed E-state index contributed by atoms with van der Waals surface area (Å²) in [5.74, 6) is 0.0326. The number of thiophene rings is 1. The molecule has 3 heterocycles. The number of aromatic nitrogens is 1. The number of piperidine rings is 1. The lowest BCUT2D eigenvalue weighted by Crippen LogP contribution is -2.42. The summed E-state index contributed by atoms with van der Waals surface area (Å²) in [6.07, 6.45) is 4.81. The van der Waals surface area contributed by atoms with Gasteiger partial charge >= 0.3 is 0 Å². The zero-order chi connectivity index (χ0) is 19.4. The van der Waals surface area contributed by atoms with E-state index in [1.807, 2.05) is 19.1 Å². The lowest BCUT2D eigenvalue weighted by atomic mass is 9.85. The fraction of sp³-hybridized carbons (Fsp3) is 0.444. The number of rotatable bonds is 6. The highest BCUT2D eigenvalue weighted by atomic mass is 79.9. The van der Waals surface area contributed by atoms with Gasteiger partial charge in [0.05, 0.1) is 3.79 Å². The predicted octanol–water partition coefficient (Wildman–Crippen LogP) is 3.26. The number of nitrogens with one attached hydrogen (secondary N) is 1. The quantitative estimate of drug-likeness (QED) is 0.700. The minimum atomic E-state index is -3.44. The van der Waals surface area contributed by atoms with Crippen LogP contribution in [0.4, 0.5) is 0 Å². The maximum absolute atomic E-state index is 12.7. The Balaban J connectivity index is 1.53. The number of hydrogen-bond acceptors (Lipinski definition) is 5. The Morgan fingerprint density at radius 1 is 1.37 bits per heavy atom. The third-order valence-corrected chi connectivity index (χ3v) is 8.94. The highest BCUT2D eigenvalue weighted by Crippen LogP contribution is 2.32. The molecular formula is C18H22BrN3O3S2. The topological polar surface area (TPSA) is 79.4 Å². The summed E-state index contributed by atoms with van der Waals surface area (Å²) in [6.45, 7) is 3.27. The monoisotopic (exact) mass is 471 g/mol. The van der Waals surface area contributed by atoms with Gasteiger partial charge in [0.25, 0.3) is 10.0 Å². The first kappa shape index (κ1) is 20.4. The van der Waals surface area contributed by atoms with Gasteiger partial charge in [0.1, 0.15) is 4.21 Å². The van der Waals surface area contributed by atoms with Crippen molar-refractivity contribution >= 4 is 43.2 Å². The van der Waals surface area contributed by atoms with Crippen molar-refractivity contribution in [3.8, 4) is 0 Å². The van der Waals surface area contributed by atoms with Crippen LogP contribution in [0.25, 0.3) is 0 Å². The normalized spacial score (nSPS) is 17.6. The van der Waals surface area contributed by atoms with Crippen molar-refractivity contribution in [3.63, 3.8) is 0 Å². The Morgan fingerprint density at radius 2 is 2.11 bits per heavy atom. The molecule has 0 unspecified atom stereocenters. The van der Waals surface area contributed by atoms with Crippen molar-refractivity contribution in [1.29, 1.82) is 0 Å². The van der Waals surface area contributed by atoms with Gasteiger partial charge in [0.15, 0.2) is 0 Å². The summed E-state index contributed by atoms with van der Waals surface area (Å²) in [4.78, 5) is 16.5. The van der Waals surface area contributed by atoms with Gasteiger partial charge in [-0.25, -0.2) is 8.42 Å². The van der Waals surface area contributed by atoms with Crippen molar-refractivity contribution in [2.24, 2.45) is 11.8 Å². The van der Waals surface area contributed by atoms with Gasteiger partial charge in [0, 0.05) is 37.9 Å². The van der Waals surface area contributed by atoms with E-state index in [1.54, 1.807) is 24.5 Å². The largest absolute Gasteiger partial charge is 0.352 e. The molecule has 0 aromatic carbocycles. The second kappa shape index (κ2) is 8.81. The molecule has 1 N–H and O–H groups in total. The Hall–Kier alpha value is -1.29. The fourth-order valence-corrected chi connectivity index (χ4v) is 6.88. The van der Waals surface area contributed by atoms with Gasteiger partial charge in [-0.05, 0) is 58.5 Å². The maximum Gasteiger partial charge on any atom is 0.252 e. The van der Waals surface area contributed by atoms with E-state index in [0.29, 0.717) is 36.7 Å². The van der Waals surface area contributed by atoms with E-state index in [1.165, 1.54) is 15.6 Å². The number of nitrogens with zero attached hydrogens (tertiary/aromatic N) is 2. The summed E-state index contributed by atoms with van der Waals surface area (Å²) in [5, 5.41) is 2.95. The highest BCUT2D eigenvalue weighted by molar-refractivity contribution is 9.11. The summed E-state index contributed by atoms with van der Waals surface area (Å²) < 4.78 is 28.1. The number of hydrogen-bond donors (Lipinski definition) is 1. The molecule has 0 radical (unpaired) electrons. The fourth-order valence-electron chi connectivity index (χ4n) is 3.25. The van der Waals surface area contributed by atoms with E-state index in [0.717, 1.165) is 9.35 Å². The Labute approximate surface area is 172 Å². The smallest absolute Gasteiger partial charge is 0.252 e. The van der Waals surface area contributed by atoms with E-state index in [-0.39, 0.29) is 17.7 Å². The van der Waals surface area contributed by atoms with Gasteiger partial charge in [-0.2, -0.15) is 4.31 Å². The van der Waals surface area contributed by atoms with E-state index in [9.17, 15) is 13.2 Å². The number of amides is 1. The lowest BCUT2D eigenvalue weighted by molar-refractivity contribution is -0.126. The third-order valence-electron chi connectivity index (χ3n) is 4.95. The van der Waals surface area contributed by atoms with E-state index in [4.69, 9.17) is 0 Å². The molecule has 27 heavy (non-hydrogen) atoms. The first-order chi connectivity index (χ1) is 12.9. The second-order valence-electron chi connectivity index (χ2n) is 6.67. The van der Waals surface area contributed by atoms with Gasteiger partial charge < -0.3 is 5.32 Å². The van der Waals surface area contributed by atoms with Crippen molar-refractivity contribution in [2.75, 3.05) is 13.1 Å². The zero-order valence-electron chi connectivity index (χ0n) is 15.0. The van der Waals surface area contributed by atoms with Gasteiger partial charge in [-0.3, -0.25) is 9.78 Å². The van der Waals surface area contributed by atoms with Crippen LogP contribution >= 0.6 is 27.3 Å². The van der Waals surface area contributed by atoms with Crippen molar-refractivity contribution in [1.82, 2.24) is 14.6 Å². The first-order valence-corrected chi connectivity index (χ1v) is 11.8. The molecule has 1 aliphatic heterocycles. The van der Waals surface area contributed by atoms with Crippen LogP contribution in [-0.4, -0.2) is 36.7 Å². The SMILES string of the molecule is C[C@H](C(=O)NCc1cccnc1)C1CCN(S(=O)(=O)c2ccc(Br)s2)CC1. The van der Waals surface area contributed by atoms with Crippen LogP contribution in [0, 0.1) is 11.8 Å². The van der Waals surface area contributed by atoms with Crippen LogP contribution < -0.4 is 5.32 Å². The minimum absolute atomic E-state index is 0.00217. The number of pyridine rings is 1. The van der Waals surface area contributed by atoms with E-state index >= 15 is 0 Å².